The number of allylic oxidation sites excluding steroid dienone is 4. The van der Waals surface area contributed by atoms with Crippen LogP contribution < -0.4 is 5.32 Å². The van der Waals surface area contributed by atoms with E-state index in [2.05, 4.69) is 17.6 Å². The Balaban J connectivity index is 2.09. The molecule has 0 bridgehead atoms. The lowest BCUT2D eigenvalue weighted by molar-refractivity contribution is -0.123. The molecule has 2 rings (SSSR count). The molecule has 1 N–H and O–H groups in total. The predicted octanol–water partition coefficient (Wildman–Crippen LogP) is 3.20. The molecule has 19 heavy (non-hydrogen) atoms. The molecule has 0 aromatic carbocycles. The summed E-state index contributed by atoms with van der Waals surface area (Å²) in [7, 11) is 0. The van der Waals surface area contributed by atoms with Gasteiger partial charge in [0, 0.05) is 12.5 Å². The Labute approximate surface area is 111 Å². The number of amides is 1. The van der Waals surface area contributed by atoms with Crippen molar-refractivity contribution >= 4 is 5.91 Å². The molecule has 0 aromatic rings. The second-order valence-electron chi connectivity index (χ2n) is 5.00. The second-order valence-corrected chi connectivity index (χ2v) is 5.00. The minimum absolute atomic E-state index is 0.0668. The van der Waals surface area contributed by atoms with E-state index in [0.717, 1.165) is 0 Å². The molecule has 0 radical (unpaired) electrons. The van der Waals surface area contributed by atoms with Gasteiger partial charge in [0.2, 0.25) is 5.91 Å². The average molecular weight is 265 g/mol. The third-order valence-electron chi connectivity index (χ3n) is 3.82. The average Bonchev–Trinajstić information content (AvgIpc) is 2.57. The van der Waals surface area contributed by atoms with Crippen molar-refractivity contribution in [3.63, 3.8) is 0 Å². The van der Waals surface area contributed by atoms with Crippen LogP contribution in [0.25, 0.3) is 0 Å². The Morgan fingerprint density at radius 2 is 2.21 bits per heavy atom. The number of hydrogen-bond donors (Lipinski definition) is 1. The van der Waals surface area contributed by atoms with Crippen molar-refractivity contribution in [3.05, 3.63) is 42.2 Å². The van der Waals surface area contributed by atoms with Gasteiger partial charge in [-0.1, -0.05) is 12.7 Å². The molecular formula is C15H17F2NO. The van der Waals surface area contributed by atoms with Crippen LogP contribution in [0.3, 0.4) is 0 Å². The normalized spacial score (nSPS) is 31.5. The van der Waals surface area contributed by atoms with Gasteiger partial charge in [-0.25, -0.2) is 8.78 Å². The van der Waals surface area contributed by atoms with E-state index < -0.39 is 17.6 Å². The molecule has 1 aliphatic heterocycles. The van der Waals surface area contributed by atoms with Crippen LogP contribution >= 0.6 is 0 Å². The Morgan fingerprint density at radius 1 is 1.42 bits per heavy atom. The monoisotopic (exact) mass is 265 g/mol. The third kappa shape index (κ3) is 3.02. The molecule has 1 amide bonds. The highest BCUT2D eigenvalue weighted by atomic mass is 19.2. The Morgan fingerprint density at radius 3 is 2.95 bits per heavy atom. The summed E-state index contributed by atoms with van der Waals surface area (Å²) in [4.78, 5) is 11.8. The third-order valence-corrected chi connectivity index (χ3v) is 3.82. The van der Waals surface area contributed by atoms with E-state index in [1.165, 1.54) is 6.08 Å². The molecule has 1 fully saturated rings. The SMILES string of the molecule is C=C=CC1CCC(C2CC=CC(F)=C2F)CNC1=O. The number of nitrogens with one attached hydrogen (secondary N) is 1. The van der Waals surface area contributed by atoms with Gasteiger partial charge in [0.1, 0.15) is 5.83 Å². The van der Waals surface area contributed by atoms with Crippen LogP contribution in [0.2, 0.25) is 0 Å². The summed E-state index contributed by atoms with van der Waals surface area (Å²) in [5, 5.41) is 2.79. The second kappa shape index (κ2) is 5.98. The van der Waals surface area contributed by atoms with Gasteiger partial charge in [-0.3, -0.25) is 4.79 Å². The van der Waals surface area contributed by atoms with Crippen LogP contribution in [0.15, 0.2) is 42.2 Å². The van der Waals surface area contributed by atoms with Crippen molar-refractivity contribution in [1.29, 1.82) is 0 Å². The first kappa shape index (κ1) is 13.8. The number of hydrogen-bond acceptors (Lipinski definition) is 1. The van der Waals surface area contributed by atoms with Gasteiger partial charge in [-0.05, 0) is 37.3 Å². The molecule has 0 aromatic heterocycles. The van der Waals surface area contributed by atoms with Crippen molar-refractivity contribution in [2.75, 3.05) is 6.54 Å². The minimum atomic E-state index is -0.783. The van der Waals surface area contributed by atoms with Gasteiger partial charge >= 0.3 is 0 Å². The van der Waals surface area contributed by atoms with Gasteiger partial charge in [-0.15, -0.1) is 5.73 Å². The van der Waals surface area contributed by atoms with Crippen molar-refractivity contribution in [2.24, 2.45) is 17.8 Å². The standard InChI is InChI=1S/C15H17F2NO/c1-2-4-10-7-8-11(9-18-15(10)19)12-5-3-6-13(16)14(12)17/h3-4,6,10-12H,1,5,7-9H2,(H,18,19). The van der Waals surface area contributed by atoms with Crippen LogP contribution in [0.1, 0.15) is 19.3 Å². The summed E-state index contributed by atoms with van der Waals surface area (Å²) in [5.74, 6) is -2.35. The van der Waals surface area contributed by atoms with E-state index in [-0.39, 0.29) is 17.7 Å². The Hall–Kier alpha value is -1.67. The summed E-state index contributed by atoms with van der Waals surface area (Å²) >= 11 is 0. The van der Waals surface area contributed by atoms with Crippen LogP contribution in [0.4, 0.5) is 8.78 Å². The zero-order valence-electron chi connectivity index (χ0n) is 10.7. The van der Waals surface area contributed by atoms with Crippen LogP contribution in [0, 0.1) is 17.8 Å². The Kier molecular flexibility index (Phi) is 4.33. The van der Waals surface area contributed by atoms with E-state index in [1.54, 1.807) is 12.2 Å². The lowest BCUT2D eigenvalue weighted by atomic mass is 9.82. The van der Waals surface area contributed by atoms with Crippen molar-refractivity contribution in [1.82, 2.24) is 5.32 Å². The highest BCUT2D eigenvalue weighted by Gasteiger charge is 2.32. The zero-order valence-corrected chi connectivity index (χ0v) is 10.7. The largest absolute Gasteiger partial charge is 0.355 e. The van der Waals surface area contributed by atoms with Gasteiger partial charge in [0.15, 0.2) is 5.83 Å². The van der Waals surface area contributed by atoms with Crippen LogP contribution in [-0.2, 0) is 4.79 Å². The summed E-state index contributed by atoms with van der Waals surface area (Å²) < 4.78 is 27.1. The fraction of sp³-hybridized carbons (Fsp3) is 0.467. The first-order chi connectivity index (χ1) is 9.13. The smallest absolute Gasteiger partial charge is 0.227 e. The van der Waals surface area contributed by atoms with Crippen molar-refractivity contribution in [3.8, 4) is 0 Å². The van der Waals surface area contributed by atoms with Crippen LogP contribution in [0.5, 0.6) is 0 Å². The number of carbonyl (C=O) groups is 1. The molecule has 1 saturated heterocycles. The highest BCUT2D eigenvalue weighted by Crippen LogP contribution is 2.36. The lowest BCUT2D eigenvalue weighted by Crippen LogP contribution is -2.32. The number of halogens is 2. The molecule has 4 heteroatoms. The zero-order chi connectivity index (χ0) is 13.8. The predicted molar refractivity (Wildman–Crippen MR) is 69.4 cm³/mol. The van der Waals surface area contributed by atoms with Crippen molar-refractivity contribution < 1.29 is 13.6 Å². The summed E-state index contributed by atoms with van der Waals surface area (Å²) in [6.07, 6.45) is 6.24. The highest BCUT2D eigenvalue weighted by molar-refractivity contribution is 5.80. The molecule has 3 atom stereocenters. The molecule has 1 heterocycles. The quantitative estimate of drug-likeness (QED) is 0.763. The lowest BCUT2D eigenvalue weighted by Gasteiger charge is -2.25. The van der Waals surface area contributed by atoms with E-state index in [1.807, 2.05) is 0 Å². The summed E-state index contributed by atoms with van der Waals surface area (Å²) in [6, 6.07) is 0. The Bertz CT molecular complexity index is 475. The van der Waals surface area contributed by atoms with Gasteiger partial charge in [0.05, 0.1) is 5.92 Å². The topological polar surface area (TPSA) is 29.1 Å². The van der Waals surface area contributed by atoms with Crippen molar-refractivity contribution in [2.45, 2.75) is 19.3 Å². The van der Waals surface area contributed by atoms with Crippen LogP contribution in [-0.4, -0.2) is 12.5 Å². The summed E-state index contributed by atoms with van der Waals surface area (Å²) in [6.45, 7) is 3.85. The maximum absolute atomic E-state index is 13.8. The maximum atomic E-state index is 13.8. The molecule has 0 spiro atoms. The first-order valence-corrected chi connectivity index (χ1v) is 6.49. The minimum Gasteiger partial charge on any atom is -0.355 e. The number of carbonyl (C=O) groups excluding carboxylic acids is 1. The molecule has 102 valence electrons. The fourth-order valence-corrected chi connectivity index (χ4v) is 2.71. The molecule has 3 unspecified atom stereocenters. The maximum Gasteiger partial charge on any atom is 0.227 e. The van der Waals surface area contributed by atoms with E-state index in [4.69, 9.17) is 0 Å². The molecular weight excluding hydrogens is 248 g/mol. The molecule has 1 aliphatic carbocycles. The van der Waals surface area contributed by atoms with Gasteiger partial charge in [-0.2, -0.15) is 0 Å². The van der Waals surface area contributed by atoms with E-state index in [0.29, 0.717) is 25.8 Å². The van der Waals surface area contributed by atoms with E-state index in [9.17, 15) is 13.6 Å². The van der Waals surface area contributed by atoms with Gasteiger partial charge < -0.3 is 5.32 Å². The first-order valence-electron chi connectivity index (χ1n) is 6.49. The summed E-state index contributed by atoms with van der Waals surface area (Å²) in [5.41, 5.74) is 2.62. The van der Waals surface area contributed by atoms with Gasteiger partial charge in [0.25, 0.3) is 0 Å². The fourth-order valence-electron chi connectivity index (χ4n) is 2.71. The molecule has 2 nitrogen and oxygen atoms in total. The molecule has 0 saturated carbocycles. The van der Waals surface area contributed by atoms with E-state index >= 15 is 0 Å². The molecule has 2 aliphatic rings. The number of rotatable bonds is 2.